The van der Waals surface area contributed by atoms with E-state index in [-0.39, 0.29) is 12.4 Å². The van der Waals surface area contributed by atoms with Crippen molar-refractivity contribution in [1.29, 1.82) is 0 Å². The van der Waals surface area contributed by atoms with Crippen LogP contribution in [0.15, 0.2) is 72.8 Å². The van der Waals surface area contributed by atoms with Crippen LogP contribution in [0.4, 0.5) is 5.69 Å². The number of nitrogens with zero attached hydrogens (tertiary/aromatic N) is 1. The summed E-state index contributed by atoms with van der Waals surface area (Å²) in [6, 6.07) is 25.8. The Labute approximate surface area is 166 Å². The molecule has 0 aliphatic heterocycles. The minimum Gasteiger partial charge on any atom is -0.383 e. The van der Waals surface area contributed by atoms with E-state index < -0.39 is 0 Å². The van der Waals surface area contributed by atoms with Gasteiger partial charge in [0.2, 0.25) is 0 Å². The Morgan fingerprint density at radius 3 is 2.44 bits per heavy atom. The highest BCUT2D eigenvalue weighted by Gasteiger charge is 2.09. The third kappa shape index (κ3) is 4.05. The zero-order chi connectivity index (χ0) is 17.9. The largest absolute Gasteiger partial charge is 0.383 e. The van der Waals surface area contributed by atoms with E-state index >= 15 is 0 Å². The van der Waals surface area contributed by atoms with Crippen molar-refractivity contribution in [2.75, 3.05) is 18.9 Å². The Bertz CT molecular complexity index is 1060. The summed E-state index contributed by atoms with van der Waals surface area (Å²) in [5.41, 5.74) is 4.27. The van der Waals surface area contributed by atoms with Gasteiger partial charge in [-0.15, -0.1) is 12.4 Å². The molecule has 0 saturated heterocycles. The minimum atomic E-state index is 0. The van der Waals surface area contributed by atoms with E-state index in [2.05, 4.69) is 84.3 Å². The molecule has 3 nitrogen and oxygen atoms in total. The lowest BCUT2D eigenvalue weighted by atomic mass is 10.0. The molecule has 2 N–H and O–H groups in total. The first kappa shape index (κ1) is 19.2. The fraction of sp³-hybridized carbons (Fsp3) is 0.174. The summed E-state index contributed by atoms with van der Waals surface area (Å²) >= 11 is 0. The van der Waals surface area contributed by atoms with E-state index in [1.165, 1.54) is 10.8 Å². The maximum Gasteiger partial charge on any atom is 0.0730 e. The van der Waals surface area contributed by atoms with Crippen LogP contribution in [-0.2, 0) is 0 Å². The molecule has 0 aliphatic carbocycles. The highest BCUT2D eigenvalue weighted by molar-refractivity contribution is 5.95. The molecule has 1 heterocycles. The molecule has 3 aromatic carbocycles. The maximum absolute atomic E-state index is 4.90. The van der Waals surface area contributed by atoms with Gasteiger partial charge in [0.05, 0.1) is 11.2 Å². The Hall–Kier alpha value is -2.62. The van der Waals surface area contributed by atoms with Crippen molar-refractivity contribution in [3.63, 3.8) is 0 Å². The van der Waals surface area contributed by atoms with Crippen molar-refractivity contribution < 1.29 is 0 Å². The summed E-state index contributed by atoms with van der Waals surface area (Å²) in [5, 5.41) is 10.5. The first-order valence-corrected chi connectivity index (χ1v) is 9.05. The molecule has 1 aromatic heterocycles. The van der Waals surface area contributed by atoms with Gasteiger partial charge in [-0.2, -0.15) is 0 Å². The number of hydrogen-bond donors (Lipinski definition) is 2. The molecule has 1 atom stereocenters. The summed E-state index contributed by atoms with van der Waals surface area (Å²) < 4.78 is 0. The molecule has 0 fully saturated rings. The lowest BCUT2D eigenvalue weighted by Gasteiger charge is -2.15. The van der Waals surface area contributed by atoms with Crippen LogP contribution in [0.25, 0.3) is 32.9 Å². The summed E-state index contributed by atoms with van der Waals surface area (Å²) in [6.07, 6.45) is 0. The van der Waals surface area contributed by atoms with Gasteiger partial charge < -0.3 is 10.6 Å². The fourth-order valence-corrected chi connectivity index (χ4v) is 3.18. The quantitative estimate of drug-likeness (QED) is 0.482. The second-order valence-corrected chi connectivity index (χ2v) is 6.70. The lowest BCUT2D eigenvalue weighted by Crippen LogP contribution is -2.29. The molecule has 138 valence electrons. The standard InChI is InChI=1S/C23H23N3.ClH/c1-16(24-2)15-25-23-14-22(26-21-10-6-5-9-20(21)23)19-12-11-17-7-3-4-8-18(17)13-19;/h3-14,16,24H,15H2,1-2H3,(H,25,26);1H. The van der Waals surface area contributed by atoms with E-state index in [0.29, 0.717) is 6.04 Å². The Morgan fingerprint density at radius 2 is 1.63 bits per heavy atom. The van der Waals surface area contributed by atoms with Crippen LogP contribution in [0.2, 0.25) is 0 Å². The van der Waals surface area contributed by atoms with Crippen molar-refractivity contribution >= 4 is 39.8 Å². The van der Waals surface area contributed by atoms with Crippen molar-refractivity contribution in [3.05, 3.63) is 72.8 Å². The van der Waals surface area contributed by atoms with Gasteiger partial charge in [-0.1, -0.05) is 54.6 Å². The molecule has 4 aromatic rings. The zero-order valence-electron chi connectivity index (χ0n) is 15.6. The summed E-state index contributed by atoms with van der Waals surface area (Å²) in [4.78, 5) is 4.90. The van der Waals surface area contributed by atoms with Crippen molar-refractivity contribution in [3.8, 4) is 11.3 Å². The Morgan fingerprint density at radius 1 is 0.889 bits per heavy atom. The van der Waals surface area contributed by atoms with Crippen LogP contribution < -0.4 is 10.6 Å². The highest BCUT2D eigenvalue weighted by Crippen LogP contribution is 2.30. The highest BCUT2D eigenvalue weighted by atomic mass is 35.5. The molecular weight excluding hydrogens is 354 g/mol. The predicted molar refractivity (Wildman–Crippen MR) is 119 cm³/mol. The average molecular weight is 378 g/mol. The average Bonchev–Trinajstić information content (AvgIpc) is 2.71. The normalized spacial score (nSPS) is 11.9. The molecule has 0 bridgehead atoms. The van der Waals surface area contributed by atoms with Gasteiger partial charge in [-0.05, 0) is 42.9 Å². The number of likely N-dealkylation sites (N-methyl/N-ethyl adjacent to an activating group) is 1. The third-order valence-corrected chi connectivity index (χ3v) is 4.85. The van der Waals surface area contributed by atoms with E-state index in [9.17, 15) is 0 Å². The second-order valence-electron chi connectivity index (χ2n) is 6.70. The van der Waals surface area contributed by atoms with E-state index in [4.69, 9.17) is 4.98 Å². The number of aromatic nitrogens is 1. The number of benzene rings is 3. The van der Waals surface area contributed by atoms with E-state index in [0.717, 1.165) is 34.4 Å². The number of anilines is 1. The number of para-hydroxylation sites is 1. The maximum atomic E-state index is 4.90. The van der Waals surface area contributed by atoms with Gasteiger partial charge in [0, 0.05) is 29.2 Å². The summed E-state index contributed by atoms with van der Waals surface area (Å²) in [7, 11) is 1.98. The smallest absolute Gasteiger partial charge is 0.0730 e. The number of pyridine rings is 1. The monoisotopic (exact) mass is 377 g/mol. The summed E-state index contributed by atoms with van der Waals surface area (Å²) in [5.74, 6) is 0. The predicted octanol–water partition coefficient (Wildman–Crippen LogP) is 5.50. The molecule has 0 saturated carbocycles. The lowest BCUT2D eigenvalue weighted by molar-refractivity contribution is 0.638. The molecule has 0 radical (unpaired) electrons. The van der Waals surface area contributed by atoms with E-state index in [1.54, 1.807) is 0 Å². The van der Waals surface area contributed by atoms with Crippen molar-refractivity contribution in [2.45, 2.75) is 13.0 Å². The Balaban J connectivity index is 0.00000210. The van der Waals surface area contributed by atoms with Gasteiger partial charge in [-0.3, -0.25) is 0 Å². The van der Waals surface area contributed by atoms with Gasteiger partial charge in [0.1, 0.15) is 0 Å². The molecular formula is C23H24ClN3. The Kier molecular flexibility index (Phi) is 5.94. The topological polar surface area (TPSA) is 37.0 Å². The molecule has 0 aliphatic rings. The number of nitrogens with one attached hydrogen (secondary N) is 2. The zero-order valence-corrected chi connectivity index (χ0v) is 16.4. The first-order chi connectivity index (χ1) is 12.7. The van der Waals surface area contributed by atoms with Crippen molar-refractivity contribution in [1.82, 2.24) is 10.3 Å². The van der Waals surface area contributed by atoms with Crippen LogP contribution in [0, 0.1) is 0 Å². The molecule has 0 amide bonds. The summed E-state index contributed by atoms with van der Waals surface area (Å²) in [6.45, 7) is 3.03. The molecule has 0 spiro atoms. The second kappa shape index (κ2) is 8.38. The minimum absolute atomic E-state index is 0. The van der Waals surface area contributed by atoms with Crippen LogP contribution in [0.5, 0.6) is 0 Å². The molecule has 4 rings (SSSR count). The van der Waals surface area contributed by atoms with Crippen molar-refractivity contribution in [2.24, 2.45) is 0 Å². The fourth-order valence-electron chi connectivity index (χ4n) is 3.18. The van der Waals surface area contributed by atoms with Crippen LogP contribution in [-0.4, -0.2) is 24.6 Å². The van der Waals surface area contributed by atoms with E-state index in [1.807, 2.05) is 13.1 Å². The van der Waals surface area contributed by atoms with Gasteiger partial charge in [-0.25, -0.2) is 4.98 Å². The molecule has 27 heavy (non-hydrogen) atoms. The van der Waals surface area contributed by atoms with Crippen LogP contribution in [0.3, 0.4) is 0 Å². The van der Waals surface area contributed by atoms with Gasteiger partial charge >= 0.3 is 0 Å². The number of fused-ring (bicyclic) bond motifs is 2. The SMILES string of the molecule is CNC(C)CNc1cc(-c2ccc3ccccc3c2)nc2ccccc12.Cl. The van der Waals surface area contributed by atoms with Crippen LogP contribution >= 0.6 is 12.4 Å². The molecule has 1 unspecified atom stereocenters. The van der Waals surface area contributed by atoms with Gasteiger partial charge in [0.15, 0.2) is 0 Å². The van der Waals surface area contributed by atoms with Gasteiger partial charge in [0.25, 0.3) is 0 Å². The van der Waals surface area contributed by atoms with Crippen LogP contribution in [0.1, 0.15) is 6.92 Å². The molecule has 4 heteroatoms. The number of halogens is 1. The first-order valence-electron chi connectivity index (χ1n) is 9.05. The number of hydrogen-bond acceptors (Lipinski definition) is 3. The third-order valence-electron chi connectivity index (χ3n) is 4.85. The number of rotatable bonds is 5.